The third-order valence-corrected chi connectivity index (χ3v) is 3.47. The largest absolute Gasteiger partial charge is 0.207 e. The van der Waals surface area contributed by atoms with Crippen molar-refractivity contribution in [1.29, 1.82) is 0 Å². The Hall–Kier alpha value is -0.990. The maximum atomic E-state index is 13.5. The highest BCUT2D eigenvalue weighted by Gasteiger charge is 2.25. The first-order chi connectivity index (χ1) is 7.58. The van der Waals surface area contributed by atoms with Crippen molar-refractivity contribution in [1.82, 2.24) is 0 Å². The molecular formula is C13H15F3. The highest BCUT2D eigenvalue weighted by molar-refractivity contribution is 5.25. The molecule has 0 heterocycles. The lowest BCUT2D eigenvalue weighted by molar-refractivity contribution is 0.334. The standard InChI is InChI=1S/C13H15F3/c1-8-2-4-9(5-3-8)13-11(15)6-10(14)7-12(13)16/h6-9H,2-5H2,1H3. The molecule has 1 fully saturated rings. The Kier molecular flexibility index (Phi) is 3.22. The first kappa shape index (κ1) is 11.5. The molecule has 1 aromatic carbocycles. The van der Waals surface area contributed by atoms with Gasteiger partial charge in [0.1, 0.15) is 17.5 Å². The minimum absolute atomic E-state index is 0.0771. The van der Waals surface area contributed by atoms with Crippen molar-refractivity contribution in [2.75, 3.05) is 0 Å². The van der Waals surface area contributed by atoms with Gasteiger partial charge in [-0.3, -0.25) is 0 Å². The topological polar surface area (TPSA) is 0 Å². The molecule has 1 aromatic rings. The van der Waals surface area contributed by atoms with Crippen LogP contribution in [0.4, 0.5) is 13.2 Å². The molecule has 0 spiro atoms. The van der Waals surface area contributed by atoms with E-state index >= 15 is 0 Å². The third-order valence-electron chi connectivity index (χ3n) is 3.47. The Labute approximate surface area is 93.5 Å². The van der Waals surface area contributed by atoms with Crippen molar-refractivity contribution in [2.45, 2.75) is 38.5 Å². The highest BCUT2D eigenvalue weighted by Crippen LogP contribution is 2.37. The Morgan fingerprint density at radius 1 is 0.938 bits per heavy atom. The van der Waals surface area contributed by atoms with Crippen LogP contribution in [0.2, 0.25) is 0 Å². The zero-order chi connectivity index (χ0) is 11.7. The minimum atomic E-state index is -0.845. The summed E-state index contributed by atoms with van der Waals surface area (Å²) in [5.74, 6) is -1.78. The van der Waals surface area contributed by atoms with Gasteiger partial charge in [0, 0.05) is 17.7 Å². The van der Waals surface area contributed by atoms with Crippen molar-refractivity contribution >= 4 is 0 Å². The molecule has 0 aromatic heterocycles. The van der Waals surface area contributed by atoms with Gasteiger partial charge in [-0.05, 0) is 24.7 Å². The summed E-state index contributed by atoms with van der Waals surface area (Å²) >= 11 is 0. The Morgan fingerprint density at radius 2 is 1.44 bits per heavy atom. The average molecular weight is 228 g/mol. The molecule has 0 unspecified atom stereocenters. The van der Waals surface area contributed by atoms with E-state index in [1.54, 1.807) is 0 Å². The number of halogens is 3. The molecule has 16 heavy (non-hydrogen) atoms. The maximum absolute atomic E-state index is 13.5. The van der Waals surface area contributed by atoms with Crippen LogP contribution in [0.3, 0.4) is 0 Å². The molecule has 0 amide bonds. The van der Waals surface area contributed by atoms with Crippen LogP contribution in [-0.2, 0) is 0 Å². The fourth-order valence-corrected chi connectivity index (χ4v) is 2.49. The number of rotatable bonds is 1. The summed E-state index contributed by atoms with van der Waals surface area (Å²) in [4.78, 5) is 0. The van der Waals surface area contributed by atoms with E-state index in [0.29, 0.717) is 5.92 Å². The average Bonchev–Trinajstić information content (AvgIpc) is 2.19. The zero-order valence-electron chi connectivity index (χ0n) is 9.27. The molecule has 2 rings (SSSR count). The summed E-state index contributed by atoms with van der Waals surface area (Å²) in [7, 11) is 0. The smallest absolute Gasteiger partial charge is 0.132 e. The lowest BCUT2D eigenvalue weighted by Crippen LogP contribution is -2.13. The lowest BCUT2D eigenvalue weighted by atomic mass is 9.79. The van der Waals surface area contributed by atoms with Gasteiger partial charge in [-0.1, -0.05) is 19.8 Å². The van der Waals surface area contributed by atoms with Crippen LogP contribution in [0, 0.1) is 23.4 Å². The molecule has 3 heteroatoms. The van der Waals surface area contributed by atoms with Crippen molar-refractivity contribution < 1.29 is 13.2 Å². The van der Waals surface area contributed by atoms with Crippen molar-refractivity contribution in [3.8, 4) is 0 Å². The second-order valence-corrected chi connectivity index (χ2v) is 4.74. The highest BCUT2D eigenvalue weighted by atomic mass is 19.1. The van der Waals surface area contributed by atoms with Gasteiger partial charge in [0.15, 0.2) is 0 Å². The minimum Gasteiger partial charge on any atom is -0.207 e. The predicted molar refractivity (Wildman–Crippen MR) is 56.7 cm³/mol. The van der Waals surface area contributed by atoms with Crippen LogP contribution >= 0.6 is 0 Å². The van der Waals surface area contributed by atoms with E-state index in [1.165, 1.54) is 0 Å². The second-order valence-electron chi connectivity index (χ2n) is 4.74. The summed E-state index contributed by atoms with van der Waals surface area (Å²) in [6, 6.07) is 1.55. The molecule has 0 nitrogen and oxygen atoms in total. The number of hydrogen-bond donors (Lipinski definition) is 0. The van der Waals surface area contributed by atoms with Crippen LogP contribution < -0.4 is 0 Å². The SMILES string of the molecule is CC1CCC(c2c(F)cc(F)cc2F)CC1. The van der Waals surface area contributed by atoms with E-state index in [0.717, 1.165) is 37.8 Å². The summed E-state index contributed by atoms with van der Waals surface area (Å²) < 4.78 is 39.8. The van der Waals surface area contributed by atoms with Crippen LogP contribution in [0.15, 0.2) is 12.1 Å². The summed E-state index contributed by atoms with van der Waals surface area (Å²) in [6.07, 6.45) is 3.56. The van der Waals surface area contributed by atoms with Crippen LogP contribution in [-0.4, -0.2) is 0 Å². The molecule has 0 N–H and O–H groups in total. The zero-order valence-corrected chi connectivity index (χ0v) is 9.27. The van der Waals surface area contributed by atoms with Gasteiger partial charge in [-0.25, -0.2) is 13.2 Å². The van der Waals surface area contributed by atoms with Gasteiger partial charge in [-0.15, -0.1) is 0 Å². The molecule has 1 aliphatic rings. The molecule has 0 bridgehead atoms. The van der Waals surface area contributed by atoms with E-state index in [4.69, 9.17) is 0 Å². The summed E-state index contributed by atoms with van der Waals surface area (Å²) in [5, 5.41) is 0. The predicted octanol–water partition coefficient (Wildman–Crippen LogP) is 4.40. The molecule has 0 atom stereocenters. The summed E-state index contributed by atoms with van der Waals surface area (Å²) in [5.41, 5.74) is 0.0771. The van der Waals surface area contributed by atoms with Gasteiger partial charge in [-0.2, -0.15) is 0 Å². The Bertz CT molecular complexity index is 356. The van der Waals surface area contributed by atoms with Crippen molar-refractivity contribution in [3.05, 3.63) is 35.1 Å². The summed E-state index contributed by atoms with van der Waals surface area (Å²) in [6.45, 7) is 2.15. The molecule has 1 saturated carbocycles. The van der Waals surface area contributed by atoms with Gasteiger partial charge < -0.3 is 0 Å². The van der Waals surface area contributed by atoms with E-state index in [1.807, 2.05) is 0 Å². The lowest BCUT2D eigenvalue weighted by Gasteiger charge is -2.26. The van der Waals surface area contributed by atoms with Gasteiger partial charge in [0.05, 0.1) is 0 Å². The molecule has 1 aliphatic carbocycles. The second kappa shape index (κ2) is 4.48. The Morgan fingerprint density at radius 3 is 1.94 bits per heavy atom. The van der Waals surface area contributed by atoms with E-state index < -0.39 is 17.5 Å². The number of hydrogen-bond acceptors (Lipinski definition) is 0. The third kappa shape index (κ3) is 2.23. The quantitative estimate of drug-likeness (QED) is 0.668. The van der Waals surface area contributed by atoms with Crippen molar-refractivity contribution in [2.24, 2.45) is 5.92 Å². The van der Waals surface area contributed by atoms with Crippen LogP contribution in [0.1, 0.15) is 44.1 Å². The van der Waals surface area contributed by atoms with Gasteiger partial charge in [0.2, 0.25) is 0 Å². The van der Waals surface area contributed by atoms with Gasteiger partial charge >= 0.3 is 0 Å². The van der Waals surface area contributed by atoms with Crippen LogP contribution in [0.5, 0.6) is 0 Å². The monoisotopic (exact) mass is 228 g/mol. The van der Waals surface area contributed by atoms with Gasteiger partial charge in [0.25, 0.3) is 0 Å². The van der Waals surface area contributed by atoms with E-state index in [2.05, 4.69) is 6.92 Å². The first-order valence-electron chi connectivity index (χ1n) is 5.72. The fourth-order valence-electron chi connectivity index (χ4n) is 2.49. The molecule has 0 radical (unpaired) electrons. The number of benzene rings is 1. The molecule has 88 valence electrons. The maximum Gasteiger partial charge on any atom is 0.132 e. The van der Waals surface area contributed by atoms with Crippen LogP contribution in [0.25, 0.3) is 0 Å². The molecule has 0 saturated heterocycles. The van der Waals surface area contributed by atoms with E-state index in [-0.39, 0.29) is 11.5 Å². The normalized spacial score (nSPS) is 25.8. The molecular weight excluding hydrogens is 213 g/mol. The van der Waals surface area contributed by atoms with E-state index in [9.17, 15) is 13.2 Å². The fraction of sp³-hybridized carbons (Fsp3) is 0.538. The molecule has 0 aliphatic heterocycles. The Balaban J connectivity index is 2.26. The first-order valence-corrected chi connectivity index (χ1v) is 5.72. The van der Waals surface area contributed by atoms with Crippen molar-refractivity contribution in [3.63, 3.8) is 0 Å².